The first-order valence-electron chi connectivity index (χ1n) is 6.53. The number of phenols is 1. The van der Waals surface area contributed by atoms with Gasteiger partial charge in [0.25, 0.3) is 0 Å². The third-order valence-electron chi connectivity index (χ3n) is 3.03. The van der Waals surface area contributed by atoms with Gasteiger partial charge in [-0.1, -0.05) is 41.4 Å². The Kier molecular flexibility index (Phi) is 5.48. The molecule has 0 unspecified atom stereocenters. The summed E-state index contributed by atoms with van der Waals surface area (Å²) in [4.78, 5) is 11.8. The van der Waals surface area contributed by atoms with Crippen LogP contribution < -0.4 is 5.32 Å². The molecule has 0 spiro atoms. The molecule has 0 aliphatic rings. The smallest absolute Gasteiger partial charge is 0.224 e. The van der Waals surface area contributed by atoms with Gasteiger partial charge in [-0.3, -0.25) is 4.79 Å². The van der Waals surface area contributed by atoms with Crippen molar-refractivity contribution in [3.05, 3.63) is 63.6 Å². The molecule has 21 heavy (non-hydrogen) atoms. The minimum absolute atomic E-state index is 0.0172. The van der Waals surface area contributed by atoms with Crippen LogP contribution >= 0.6 is 23.2 Å². The van der Waals surface area contributed by atoms with Crippen molar-refractivity contribution < 1.29 is 9.90 Å². The second-order valence-electron chi connectivity index (χ2n) is 4.69. The van der Waals surface area contributed by atoms with Crippen molar-refractivity contribution in [1.82, 2.24) is 5.32 Å². The molecular formula is C16H15Cl2NO2. The predicted octanol–water partition coefficient (Wildman–Crippen LogP) is 3.60. The van der Waals surface area contributed by atoms with Gasteiger partial charge in [0.05, 0.1) is 11.4 Å². The molecule has 0 atom stereocenters. The van der Waals surface area contributed by atoms with Gasteiger partial charge < -0.3 is 10.4 Å². The number of carbonyl (C=O) groups is 1. The van der Waals surface area contributed by atoms with Gasteiger partial charge in [0.2, 0.25) is 5.91 Å². The Hall–Kier alpha value is -1.71. The highest BCUT2D eigenvalue weighted by Crippen LogP contribution is 2.23. The van der Waals surface area contributed by atoms with Crippen molar-refractivity contribution >= 4 is 29.1 Å². The summed E-state index contributed by atoms with van der Waals surface area (Å²) in [5, 5.41) is 13.1. The molecule has 0 aliphatic heterocycles. The molecule has 0 heterocycles. The highest BCUT2D eigenvalue weighted by molar-refractivity contribution is 6.32. The van der Waals surface area contributed by atoms with Crippen LogP contribution in [0, 0.1) is 0 Å². The quantitative estimate of drug-likeness (QED) is 0.883. The lowest BCUT2D eigenvalue weighted by molar-refractivity contribution is -0.120. The molecular weight excluding hydrogens is 309 g/mol. The van der Waals surface area contributed by atoms with Crippen LogP contribution in [0.15, 0.2) is 42.5 Å². The van der Waals surface area contributed by atoms with Crippen LogP contribution in [-0.4, -0.2) is 17.6 Å². The van der Waals surface area contributed by atoms with E-state index in [1.807, 2.05) is 24.3 Å². The fraction of sp³-hybridized carbons (Fsp3) is 0.188. The van der Waals surface area contributed by atoms with Crippen molar-refractivity contribution in [2.24, 2.45) is 0 Å². The van der Waals surface area contributed by atoms with E-state index in [-0.39, 0.29) is 23.1 Å². The van der Waals surface area contributed by atoms with Crippen LogP contribution in [0.2, 0.25) is 10.0 Å². The molecule has 0 bridgehead atoms. The largest absolute Gasteiger partial charge is 0.506 e. The Morgan fingerprint density at radius 3 is 2.38 bits per heavy atom. The topological polar surface area (TPSA) is 49.3 Å². The zero-order chi connectivity index (χ0) is 15.2. The Labute approximate surface area is 133 Å². The van der Waals surface area contributed by atoms with Crippen LogP contribution in [0.25, 0.3) is 0 Å². The monoisotopic (exact) mass is 323 g/mol. The number of halogens is 2. The number of phenolic OH excluding ortho intramolecular Hbond substituents is 1. The molecule has 1 amide bonds. The summed E-state index contributed by atoms with van der Waals surface area (Å²) < 4.78 is 0. The summed E-state index contributed by atoms with van der Waals surface area (Å²) in [7, 11) is 0. The Balaban J connectivity index is 1.79. The second-order valence-corrected chi connectivity index (χ2v) is 5.53. The average molecular weight is 324 g/mol. The van der Waals surface area contributed by atoms with E-state index >= 15 is 0 Å². The highest BCUT2D eigenvalue weighted by Gasteiger charge is 2.05. The van der Waals surface area contributed by atoms with Gasteiger partial charge in [-0.15, -0.1) is 0 Å². The van der Waals surface area contributed by atoms with Crippen molar-refractivity contribution in [3.8, 4) is 5.75 Å². The zero-order valence-electron chi connectivity index (χ0n) is 11.3. The van der Waals surface area contributed by atoms with Crippen molar-refractivity contribution in [2.45, 2.75) is 12.8 Å². The minimum Gasteiger partial charge on any atom is -0.506 e. The highest BCUT2D eigenvalue weighted by atomic mass is 35.5. The molecule has 0 saturated carbocycles. The van der Waals surface area contributed by atoms with Crippen LogP contribution in [0.3, 0.4) is 0 Å². The molecule has 3 nitrogen and oxygen atoms in total. The normalized spacial score (nSPS) is 10.4. The van der Waals surface area contributed by atoms with Crippen molar-refractivity contribution in [3.63, 3.8) is 0 Å². The molecule has 0 radical (unpaired) electrons. The fourth-order valence-electron chi connectivity index (χ4n) is 1.91. The first-order chi connectivity index (χ1) is 10.0. The van der Waals surface area contributed by atoms with E-state index in [2.05, 4.69) is 5.32 Å². The van der Waals surface area contributed by atoms with Gasteiger partial charge in [0.1, 0.15) is 5.75 Å². The maximum absolute atomic E-state index is 11.8. The standard InChI is InChI=1S/C16H15Cl2NO2/c17-13-4-1-11(2-5-13)7-8-19-16(21)10-12-3-6-15(20)14(18)9-12/h1-6,9,20H,7-8,10H2,(H,19,21). The summed E-state index contributed by atoms with van der Waals surface area (Å²) in [6.07, 6.45) is 0.986. The van der Waals surface area contributed by atoms with E-state index in [4.69, 9.17) is 23.2 Å². The van der Waals surface area contributed by atoms with E-state index in [9.17, 15) is 9.90 Å². The molecule has 2 aromatic carbocycles. The number of nitrogens with one attached hydrogen (secondary N) is 1. The summed E-state index contributed by atoms with van der Waals surface area (Å²) in [6, 6.07) is 12.3. The molecule has 5 heteroatoms. The number of aromatic hydroxyl groups is 1. The fourth-order valence-corrected chi connectivity index (χ4v) is 2.23. The molecule has 0 fully saturated rings. The summed E-state index contributed by atoms with van der Waals surface area (Å²) in [5.41, 5.74) is 1.88. The Morgan fingerprint density at radius 1 is 1.05 bits per heavy atom. The maximum Gasteiger partial charge on any atom is 0.224 e. The minimum atomic E-state index is -0.0780. The lowest BCUT2D eigenvalue weighted by Gasteiger charge is -2.06. The van der Waals surface area contributed by atoms with Gasteiger partial charge in [0, 0.05) is 11.6 Å². The summed E-state index contributed by atoms with van der Waals surface area (Å²) in [6.45, 7) is 0.562. The van der Waals surface area contributed by atoms with Crippen LogP contribution in [-0.2, 0) is 17.6 Å². The van der Waals surface area contributed by atoms with Gasteiger partial charge in [-0.2, -0.15) is 0 Å². The third-order valence-corrected chi connectivity index (χ3v) is 3.58. The number of hydrogen-bond acceptors (Lipinski definition) is 2. The predicted molar refractivity (Wildman–Crippen MR) is 85.0 cm³/mol. The third kappa shape index (κ3) is 4.96. The first kappa shape index (κ1) is 15.7. The summed E-state index contributed by atoms with van der Waals surface area (Å²) in [5.74, 6) is -0.0608. The maximum atomic E-state index is 11.8. The molecule has 0 saturated heterocycles. The van der Waals surface area contributed by atoms with E-state index in [1.165, 1.54) is 6.07 Å². The number of carbonyl (C=O) groups excluding carboxylic acids is 1. The SMILES string of the molecule is O=C(Cc1ccc(O)c(Cl)c1)NCCc1ccc(Cl)cc1. The first-order valence-corrected chi connectivity index (χ1v) is 7.29. The number of rotatable bonds is 5. The van der Waals surface area contributed by atoms with Gasteiger partial charge in [0.15, 0.2) is 0 Å². The summed E-state index contributed by atoms with van der Waals surface area (Å²) >= 11 is 11.6. The molecule has 2 aromatic rings. The number of amides is 1. The van der Waals surface area contributed by atoms with E-state index < -0.39 is 0 Å². The van der Waals surface area contributed by atoms with E-state index in [0.717, 1.165) is 17.5 Å². The van der Waals surface area contributed by atoms with Crippen molar-refractivity contribution in [2.75, 3.05) is 6.54 Å². The van der Waals surface area contributed by atoms with Crippen LogP contribution in [0.1, 0.15) is 11.1 Å². The lowest BCUT2D eigenvalue weighted by Crippen LogP contribution is -2.27. The molecule has 110 valence electrons. The second kappa shape index (κ2) is 7.34. The Bertz CT molecular complexity index is 627. The average Bonchev–Trinajstić information content (AvgIpc) is 2.45. The number of benzene rings is 2. The molecule has 0 aliphatic carbocycles. The van der Waals surface area contributed by atoms with E-state index in [1.54, 1.807) is 12.1 Å². The molecule has 0 aromatic heterocycles. The van der Waals surface area contributed by atoms with Gasteiger partial charge in [-0.05, 0) is 41.8 Å². The Morgan fingerprint density at radius 2 is 1.71 bits per heavy atom. The van der Waals surface area contributed by atoms with Gasteiger partial charge in [-0.25, -0.2) is 0 Å². The van der Waals surface area contributed by atoms with Gasteiger partial charge >= 0.3 is 0 Å². The van der Waals surface area contributed by atoms with Crippen LogP contribution in [0.4, 0.5) is 0 Å². The van der Waals surface area contributed by atoms with Crippen LogP contribution in [0.5, 0.6) is 5.75 Å². The molecule has 2 rings (SSSR count). The zero-order valence-corrected chi connectivity index (χ0v) is 12.8. The van der Waals surface area contributed by atoms with E-state index in [0.29, 0.717) is 11.6 Å². The lowest BCUT2D eigenvalue weighted by atomic mass is 10.1. The number of hydrogen-bond donors (Lipinski definition) is 2. The van der Waals surface area contributed by atoms with Crippen molar-refractivity contribution in [1.29, 1.82) is 0 Å². The molecule has 2 N–H and O–H groups in total.